The van der Waals surface area contributed by atoms with Gasteiger partial charge in [0.15, 0.2) is 0 Å². The van der Waals surface area contributed by atoms with Gasteiger partial charge in [-0.3, -0.25) is 0 Å². The molecule has 0 aliphatic heterocycles. The molecule has 5 nitrogen and oxygen atoms in total. The van der Waals surface area contributed by atoms with Gasteiger partial charge in [-0.1, -0.05) is 18.2 Å². The van der Waals surface area contributed by atoms with Crippen LogP contribution in [0.2, 0.25) is 0 Å². The number of halogens is 3. The maximum Gasteiger partial charge on any atom is 0.419 e. The molecule has 0 fully saturated rings. The summed E-state index contributed by atoms with van der Waals surface area (Å²) < 4.78 is 47.0. The average molecular weight is 360 g/mol. The minimum atomic E-state index is -4.55. The van der Waals surface area contributed by atoms with Crippen LogP contribution >= 0.6 is 0 Å². The van der Waals surface area contributed by atoms with E-state index in [0.717, 1.165) is 6.07 Å². The van der Waals surface area contributed by atoms with Crippen molar-refractivity contribution >= 4 is 11.0 Å². The van der Waals surface area contributed by atoms with Crippen LogP contribution in [0.3, 0.4) is 0 Å². The SMILES string of the molecule is CCCOc1ccc(-c2cc(C#N)c3nnn(C)c3c2)cc1C(F)(F)F. The lowest BCUT2D eigenvalue weighted by molar-refractivity contribution is -0.138. The highest BCUT2D eigenvalue weighted by atomic mass is 19.4. The molecule has 8 heteroatoms. The Kier molecular flexibility index (Phi) is 4.55. The van der Waals surface area contributed by atoms with Crippen LogP contribution in [0.5, 0.6) is 5.75 Å². The zero-order valence-corrected chi connectivity index (χ0v) is 14.1. The zero-order valence-electron chi connectivity index (χ0n) is 14.1. The van der Waals surface area contributed by atoms with E-state index < -0.39 is 11.7 Å². The van der Waals surface area contributed by atoms with Gasteiger partial charge < -0.3 is 4.74 Å². The van der Waals surface area contributed by atoms with Gasteiger partial charge in [-0.05, 0) is 41.8 Å². The van der Waals surface area contributed by atoms with Crippen molar-refractivity contribution in [2.75, 3.05) is 6.61 Å². The van der Waals surface area contributed by atoms with Gasteiger partial charge in [0.05, 0.1) is 23.3 Å². The van der Waals surface area contributed by atoms with E-state index in [1.165, 1.54) is 16.8 Å². The van der Waals surface area contributed by atoms with Crippen molar-refractivity contribution in [1.82, 2.24) is 15.0 Å². The number of nitriles is 1. The van der Waals surface area contributed by atoms with Gasteiger partial charge in [-0.25, -0.2) is 4.68 Å². The molecule has 0 amide bonds. The van der Waals surface area contributed by atoms with Gasteiger partial charge in [0.25, 0.3) is 0 Å². The summed E-state index contributed by atoms with van der Waals surface area (Å²) in [5, 5.41) is 17.1. The minimum absolute atomic E-state index is 0.202. The summed E-state index contributed by atoms with van der Waals surface area (Å²) in [6.45, 7) is 2.02. The maximum atomic E-state index is 13.4. The summed E-state index contributed by atoms with van der Waals surface area (Å²) in [6, 6.07) is 9.09. The van der Waals surface area contributed by atoms with Gasteiger partial charge in [0.2, 0.25) is 0 Å². The summed E-state index contributed by atoms with van der Waals surface area (Å²) in [7, 11) is 1.66. The standard InChI is InChI=1S/C18H15F3N4O/c1-3-6-26-16-5-4-11(8-14(16)18(19,20)21)12-7-13(10-22)17-15(9-12)25(2)24-23-17/h4-5,7-9H,3,6H2,1-2H3. The lowest BCUT2D eigenvalue weighted by atomic mass is 9.99. The van der Waals surface area contributed by atoms with Crippen LogP contribution in [0.1, 0.15) is 24.5 Å². The lowest BCUT2D eigenvalue weighted by Gasteiger charge is -2.15. The molecule has 26 heavy (non-hydrogen) atoms. The molecule has 1 heterocycles. The van der Waals surface area contributed by atoms with Crippen molar-refractivity contribution in [3.8, 4) is 22.9 Å². The molecule has 0 saturated carbocycles. The topological polar surface area (TPSA) is 63.7 Å². The van der Waals surface area contributed by atoms with Crippen molar-refractivity contribution in [2.45, 2.75) is 19.5 Å². The molecule has 0 bridgehead atoms. The Balaban J connectivity index is 2.16. The van der Waals surface area contributed by atoms with E-state index in [1.54, 1.807) is 19.2 Å². The molecule has 2 aromatic carbocycles. The predicted octanol–water partition coefficient (Wildman–Crippen LogP) is 4.31. The minimum Gasteiger partial charge on any atom is -0.493 e. The number of ether oxygens (including phenoxy) is 1. The van der Waals surface area contributed by atoms with Crippen LogP contribution in [0.15, 0.2) is 30.3 Å². The Labute approximate surface area is 147 Å². The highest BCUT2D eigenvalue weighted by molar-refractivity contribution is 5.87. The Hall–Kier alpha value is -3.08. The van der Waals surface area contributed by atoms with E-state index in [-0.39, 0.29) is 17.9 Å². The number of hydrogen-bond acceptors (Lipinski definition) is 4. The van der Waals surface area contributed by atoms with E-state index in [4.69, 9.17) is 4.74 Å². The second-order valence-electron chi connectivity index (χ2n) is 5.77. The normalized spacial score (nSPS) is 11.5. The Bertz CT molecular complexity index is 1000. The fourth-order valence-electron chi connectivity index (χ4n) is 2.65. The van der Waals surface area contributed by atoms with Crippen molar-refractivity contribution in [1.29, 1.82) is 5.26 Å². The maximum absolute atomic E-state index is 13.4. The van der Waals surface area contributed by atoms with Crippen LogP contribution in [0.25, 0.3) is 22.2 Å². The monoisotopic (exact) mass is 360 g/mol. The first kappa shape index (κ1) is 17.7. The van der Waals surface area contributed by atoms with E-state index in [0.29, 0.717) is 28.6 Å². The molecular weight excluding hydrogens is 345 g/mol. The summed E-state index contributed by atoms with van der Waals surface area (Å²) >= 11 is 0. The summed E-state index contributed by atoms with van der Waals surface area (Å²) in [5.41, 5.74) is 1.21. The smallest absolute Gasteiger partial charge is 0.419 e. The number of alkyl halides is 3. The quantitative estimate of drug-likeness (QED) is 0.695. The van der Waals surface area contributed by atoms with Crippen LogP contribution in [-0.4, -0.2) is 21.6 Å². The summed E-state index contributed by atoms with van der Waals surface area (Å²) in [6.07, 6.45) is -3.94. The van der Waals surface area contributed by atoms with E-state index in [9.17, 15) is 18.4 Å². The van der Waals surface area contributed by atoms with Crippen molar-refractivity contribution < 1.29 is 17.9 Å². The number of rotatable bonds is 4. The fourth-order valence-corrected chi connectivity index (χ4v) is 2.65. The molecule has 0 saturated heterocycles. The molecule has 3 rings (SSSR count). The molecule has 0 unspecified atom stereocenters. The first-order chi connectivity index (χ1) is 12.3. The second kappa shape index (κ2) is 6.67. The van der Waals surface area contributed by atoms with Crippen LogP contribution in [0, 0.1) is 11.3 Å². The van der Waals surface area contributed by atoms with Crippen molar-refractivity contribution in [3.63, 3.8) is 0 Å². The van der Waals surface area contributed by atoms with Gasteiger partial charge in [0.1, 0.15) is 17.3 Å². The van der Waals surface area contributed by atoms with Crippen LogP contribution in [0.4, 0.5) is 13.2 Å². The number of hydrogen-bond donors (Lipinski definition) is 0. The largest absolute Gasteiger partial charge is 0.493 e. The van der Waals surface area contributed by atoms with Crippen LogP contribution in [-0.2, 0) is 13.2 Å². The molecule has 134 valence electrons. The Morgan fingerprint density at radius 1 is 1.19 bits per heavy atom. The average Bonchev–Trinajstić information content (AvgIpc) is 2.99. The summed E-state index contributed by atoms with van der Waals surface area (Å²) in [5.74, 6) is -0.202. The van der Waals surface area contributed by atoms with E-state index in [2.05, 4.69) is 10.3 Å². The molecule has 0 aliphatic carbocycles. The molecule has 0 aliphatic rings. The van der Waals surface area contributed by atoms with E-state index in [1.807, 2.05) is 13.0 Å². The highest BCUT2D eigenvalue weighted by Crippen LogP contribution is 2.39. The molecule has 0 spiro atoms. The van der Waals surface area contributed by atoms with Gasteiger partial charge in [-0.15, -0.1) is 5.10 Å². The number of fused-ring (bicyclic) bond motifs is 1. The van der Waals surface area contributed by atoms with Crippen molar-refractivity contribution in [3.05, 3.63) is 41.5 Å². The van der Waals surface area contributed by atoms with E-state index >= 15 is 0 Å². The molecule has 1 aromatic heterocycles. The molecular formula is C18H15F3N4O. The van der Waals surface area contributed by atoms with Gasteiger partial charge in [0, 0.05) is 7.05 Å². The third kappa shape index (κ3) is 3.20. The van der Waals surface area contributed by atoms with Crippen LogP contribution < -0.4 is 4.74 Å². The van der Waals surface area contributed by atoms with Gasteiger partial charge >= 0.3 is 6.18 Å². The second-order valence-corrected chi connectivity index (χ2v) is 5.77. The Morgan fingerprint density at radius 3 is 2.62 bits per heavy atom. The molecule has 0 atom stereocenters. The zero-order chi connectivity index (χ0) is 18.9. The third-order valence-electron chi connectivity index (χ3n) is 3.92. The van der Waals surface area contributed by atoms with Crippen molar-refractivity contribution in [2.24, 2.45) is 7.05 Å². The highest BCUT2D eigenvalue weighted by Gasteiger charge is 2.34. The molecule has 0 radical (unpaired) electrons. The first-order valence-corrected chi connectivity index (χ1v) is 7.93. The predicted molar refractivity (Wildman–Crippen MR) is 89.4 cm³/mol. The lowest BCUT2D eigenvalue weighted by Crippen LogP contribution is -2.09. The number of aromatic nitrogens is 3. The number of benzene rings is 2. The fraction of sp³-hybridized carbons (Fsp3) is 0.278. The molecule has 3 aromatic rings. The third-order valence-corrected chi connectivity index (χ3v) is 3.92. The first-order valence-electron chi connectivity index (χ1n) is 7.93. The molecule has 0 N–H and O–H groups in total. The summed E-state index contributed by atoms with van der Waals surface area (Å²) in [4.78, 5) is 0. The number of aryl methyl sites for hydroxylation is 1. The number of nitrogens with zero attached hydrogens (tertiary/aromatic N) is 4. The Morgan fingerprint density at radius 2 is 1.96 bits per heavy atom. The van der Waals surface area contributed by atoms with Gasteiger partial charge in [-0.2, -0.15) is 18.4 Å².